The quantitative estimate of drug-likeness (QED) is 0.331. The highest BCUT2D eigenvalue weighted by atomic mass is 32.2. The predicted octanol–water partition coefficient (Wildman–Crippen LogP) is 6.06. The molecule has 0 N–H and O–H groups in total. The molecule has 1 atom stereocenters. The van der Waals surface area contributed by atoms with Crippen molar-refractivity contribution in [3.8, 4) is 11.5 Å². The van der Waals surface area contributed by atoms with Crippen LogP contribution in [0.25, 0.3) is 0 Å². The molecule has 0 amide bonds. The van der Waals surface area contributed by atoms with Crippen LogP contribution in [0.5, 0.6) is 11.5 Å². The van der Waals surface area contributed by atoms with E-state index < -0.39 is 15.6 Å². The fourth-order valence-corrected chi connectivity index (χ4v) is 7.13. The van der Waals surface area contributed by atoms with Gasteiger partial charge in [-0.3, -0.25) is 0 Å². The molecule has 3 aromatic rings. The van der Waals surface area contributed by atoms with Crippen molar-refractivity contribution in [1.82, 2.24) is 4.31 Å². The first-order chi connectivity index (χ1) is 18.1. The van der Waals surface area contributed by atoms with Gasteiger partial charge in [0.1, 0.15) is 16.4 Å². The monoisotopic (exact) mass is 537 g/mol. The van der Waals surface area contributed by atoms with Crippen LogP contribution in [0.1, 0.15) is 38.7 Å². The van der Waals surface area contributed by atoms with Crippen molar-refractivity contribution in [2.45, 2.75) is 50.1 Å². The number of anilines is 3. The summed E-state index contributed by atoms with van der Waals surface area (Å²) >= 11 is 0. The number of nitrogens with zero attached hydrogens (tertiary/aromatic N) is 3. The normalized spacial score (nSPS) is 18.9. The van der Waals surface area contributed by atoms with Gasteiger partial charge in [0.15, 0.2) is 0 Å². The van der Waals surface area contributed by atoms with Crippen LogP contribution in [0, 0.1) is 0 Å². The topological polar surface area (TPSA) is 62.3 Å². The van der Waals surface area contributed by atoms with Gasteiger partial charge in [-0.15, -0.1) is 0 Å². The van der Waals surface area contributed by atoms with Crippen molar-refractivity contribution in [1.29, 1.82) is 0 Å². The van der Waals surface area contributed by atoms with E-state index in [1.165, 1.54) is 0 Å². The van der Waals surface area contributed by atoms with Crippen LogP contribution in [0.2, 0.25) is 0 Å². The Balaban J connectivity index is 1.97. The Labute approximate surface area is 227 Å². The third-order valence-corrected chi connectivity index (χ3v) is 9.36. The van der Waals surface area contributed by atoms with Gasteiger partial charge in [0.2, 0.25) is 10.0 Å². The van der Waals surface area contributed by atoms with Crippen molar-refractivity contribution < 1.29 is 17.9 Å². The number of fused-ring (bicyclic) bond motifs is 1. The third-order valence-electron chi connectivity index (χ3n) is 7.32. The molecule has 8 heteroatoms. The number of sulfonamides is 1. The van der Waals surface area contributed by atoms with E-state index in [0.717, 1.165) is 42.0 Å². The van der Waals surface area contributed by atoms with E-state index in [1.807, 2.05) is 79.7 Å². The highest BCUT2D eigenvalue weighted by Gasteiger charge is 2.46. The van der Waals surface area contributed by atoms with Crippen LogP contribution >= 0.6 is 0 Å². The van der Waals surface area contributed by atoms with Gasteiger partial charge < -0.3 is 19.3 Å². The van der Waals surface area contributed by atoms with Crippen LogP contribution < -0.4 is 19.3 Å². The first-order valence-electron chi connectivity index (χ1n) is 13.0. The van der Waals surface area contributed by atoms with E-state index in [9.17, 15) is 8.42 Å². The van der Waals surface area contributed by atoms with Crippen LogP contribution in [-0.4, -0.2) is 53.1 Å². The number of hydrogen-bond donors (Lipinski definition) is 0. The summed E-state index contributed by atoms with van der Waals surface area (Å²) < 4.78 is 42.0. The second kappa shape index (κ2) is 11.3. The summed E-state index contributed by atoms with van der Waals surface area (Å²) in [5, 5.41) is 0. The van der Waals surface area contributed by atoms with Gasteiger partial charge in [-0.1, -0.05) is 50.1 Å². The Morgan fingerprint density at radius 1 is 0.974 bits per heavy atom. The molecule has 204 valence electrons. The van der Waals surface area contributed by atoms with Gasteiger partial charge in [0.05, 0.1) is 31.1 Å². The first kappa shape index (κ1) is 27.8. The SMILES string of the molecule is CCCCC1(C)CN(c2ccccc2)c2cc(N(C)C)c(OC)cc2S(=O)(=O)N1Cc1ccc(OC)cc1. The minimum absolute atomic E-state index is 0.248. The molecule has 0 spiro atoms. The molecule has 1 aliphatic rings. The lowest BCUT2D eigenvalue weighted by atomic mass is 9.92. The highest BCUT2D eigenvalue weighted by Crippen LogP contribution is 2.46. The van der Waals surface area contributed by atoms with Gasteiger partial charge in [-0.05, 0) is 49.2 Å². The number of unbranched alkanes of at least 4 members (excludes halogenated alkanes) is 1. The first-order valence-corrected chi connectivity index (χ1v) is 14.5. The number of benzene rings is 3. The molecule has 0 bridgehead atoms. The summed E-state index contributed by atoms with van der Waals surface area (Å²) in [6, 6.07) is 21.3. The Hall–Kier alpha value is -3.23. The molecule has 3 aromatic carbocycles. The smallest absolute Gasteiger partial charge is 0.246 e. The average molecular weight is 538 g/mol. The van der Waals surface area contributed by atoms with Gasteiger partial charge in [-0.25, -0.2) is 8.42 Å². The molecule has 0 saturated heterocycles. The van der Waals surface area contributed by atoms with Crippen LogP contribution in [0.4, 0.5) is 17.1 Å². The van der Waals surface area contributed by atoms with Gasteiger partial charge in [-0.2, -0.15) is 4.31 Å². The standard InChI is InChI=1S/C30H39N3O4S/c1-7-8-18-30(2)22-32(24-12-10-9-11-13-24)27-19-26(31(3)4)28(37-6)20-29(27)38(34,35)33(30)21-23-14-16-25(36-5)17-15-23/h9-17,19-20H,7-8,18,21-22H2,1-6H3. The molecule has 4 rings (SSSR count). The fourth-order valence-electron chi connectivity index (χ4n) is 5.16. The zero-order chi connectivity index (χ0) is 27.5. The van der Waals surface area contributed by atoms with Gasteiger partial charge in [0.25, 0.3) is 0 Å². The fraction of sp³-hybridized carbons (Fsp3) is 0.400. The van der Waals surface area contributed by atoms with Crippen molar-refractivity contribution >= 4 is 27.1 Å². The molecule has 0 aliphatic carbocycles. The minimum Gasteiger partial charge on any atom is -0.497 e. The number of rotatable bonds is 9. The molecule has 1 aliphatic heterocycles. The zero-order valence-electron chi connectivity index (χ0n) is 23.3. The molecular formula is C30H39N3O4S. The lowest BCUT2D eigenvalue weighted by molar-refractivity contribution is 0.191. The second-order valence-corrected chi connectivity index (χ2v) is 12.1. The molecule has 0 radical (unpaired) electrons. The summed E-state index contributed by atoms with van der Waals surface area (Å²) in [5.41, 5.74) is 2.66. The maximum atomic E-state index is 14.7. The summed E-state index contributed by atoms with van der Waals surface area (Å²) in [5.74, 6) is 1.26. The maximum absolute atomic E-state index is 14.7. The van der Waals surface area contributed by atoms with Crippen molar-refractivity contribution in [2.75, 3.05) is 44.7 Å². The Bertz CT molecular complexity index is 1340. The molecule has 1 unspecified atom stereocenters. The largest absolute Gasteiger partial charge is 0.497 e. The minimum atomic E-state index is -3.93. The molecule has 0 saturated carbocycles. The molecule has 38 heavy (non-hydrogen) atoms. The Morgan fingerprint density at radius 2 is 1.66 bits per heavy atom. The summed E-state index contributed by atoms with van der Waals surface area (Å²) in [4.78, 5) is 4.35. The van der Waals surface area contributed by atoms with E-state index >= 15 is 0 Å². The highest BCUT2D eigenvalue weighted by molar-refractivity contribution is 7.89. The lowest BCUT2D eigenvalue weighted by Crippen LogP contribution is -2.53. The summed E-state index contributed by atoms with van der Waals surface area (Å²) in [6.07, 6.45) is 2.62. The Morgan fingerprint density at radius 3 is 2.24 bits per heavy atom. The van der Waals surface area contributed by atoms with Crippen LogP contribution in [0.15, 0.2) is 71.6 Å². The zero-order valence-corrected chi connectivity index (χ0v) is 24.1. The van der Waals surface area contributed by atoms with Crippen molar-refractivity contribution in [3.05, 3.63) is 72.3 Å². The third kappa shape index (κ3) is 5.33. The second-order valence-electron chi connectivity index (χ2n) is 10.3. The van der Waals surface area contributed by atoms with Gasteiger partial charge >= 0.3 is 0 Å². The predicted molar refractivity (Wildman–Crippen MR) is 154 cm³/mol. The van der Waals surface area contributed by atoms with E-state index in [1.54, 1.807) is 24.6 Å². The molecule has 7 nitrogen and oxygen atoms in total. The van der Waals surface area contributed by atoms with Crippen LogP contribution in [-0.2, 0) is 16.6 Å². The number of ether oxygens (including phenoxy) is 2. The van der Waals surface area contributed by atoms with Crippen molar-refractivity contribution in [2.24, 2.45) is 0 Å². The molecule has 1 heterocycles. The number of methoxy groups -OCH3 is 2. The summed E-state index contributed by atoms with van der Waals surface area (Å²) in [7, 11) is 3.15. The van der Waals surface area contributed by atoms with E-state index in [0.29, 0.717) is 18.0 Å². The molecular weight excluding hydrogens is 498 g/mol. The van der Waals surface area contributed by atoms with E-state index in [2.05, 4.69) is 18.7 Å². The maximum Gasteiger partial charge on any atom is 0.246 e. The van der Waals surface area contributed by atoms with Gasteiger partial charge in [0, 0.05) is 38.9 Å². The molecule has 0 fully saturated rings. The number of para-hydroxylation sites is 1. The number of hydrogen-bond acceptors (Lipinski definition) is 6. The van der Waals surface area contributed by atoms with Crippen molar-refractivity contribution in [3.63, 3.8) is 0 Å². The van der Waals surface area contributed by atoms with Crippen LogP contribution in [0.3, 0.4) is 0 Å². The van der Waals surface area contributed by atoms with E-state index in [-0.39, 0.29) is 11.4 Å². The average Bonchev–Trinajstić information content (AvgIpc) is 2.99. The summed E-state index contributed by atoms with van der Waals surface area (Å²) in [6.45, 7) is 4.99. The Kier molecular flexibility index (Phi) is 8.23. The lowest BCUT2D eigenvalue weighted by Gasteiger charge is -2.41. The molecule has 0 aromatic heterocycles. The van der Waals surface area contributed by atoms with E-state index in [4.69, 9.17) is 9.47 Å².